The number of hydrogen-bond acceptors (Lipinski definition) is 4. The number of rotatable bonds is 6. The van der Waals surface area contributed by atoms with Crippen molar-refractivity contribution in [1.82, 2.24) is 5.32 Å². The van der Waals surface area contributed by atoms with E-state index in [9.17, 15) is 4.79 Å². The monoisotopic (exact) mass is 175 g/mol. The highest BCUT2D eigenvalue weighted by Gasteiger charge is 2.06. The molecule has 0 aliphatic carbocycles. The second-order valence-corrected chi connectivity index (χ2v) is 2.47. The number of carbonyl (C=O) groups excluding carboxylic acids is 1. The Hall–Kier alpha value is -0.610. The number of carbonyl (C=O) groups is 1. The predicted molar refractivity (Wildman–Crippen MR) is 45.8 cm³/mol. The lowest BCUT2D eigenvalue weighted by molar-refractivity contribution is -0.142. The van der Waals surface area contributed by atoms with Crippen molar-refractivity contribution in [1.29, 1.82) is 0 Å². The average molecular weight is 175 g/mol. The first-order valence-electron chi connectivity index (χ1n) is 4.24. The average Bonchev–Trinajstić information content (AvgIpc) is 2.07. The Balaban J connectivity index is 3.44. The Morgan fingerprint density at radius 2 is 2.25 bits per heavy atom. The van der Waals surface area contributed by atoms with E-state index in [0.717, 1.165) is 6.42 Å². The number of esters is 1. The van der Waals surface area contributed by atoms with Crippen molar-refractivity contribution in [2.45, 2.75) is 26.3 Å². The molecular weight excluding hydrogens is 158 g/mol. The summed E-state index contributed by atoms with van der Waals surface area (Å²) in [5, 5.41) is 11.6. The molecule has 0 rings (SSSR count). The van der Waals surface area contributed by atoms with Gasteiger partial charge in [-0.2, -0.15) is 0 Å². The highest BCUT2D eigenvalue weighted by Crippen LogP contribution is 1.88. The van der Waals surface area contributed by atoms with E-state index >= 15 is 0 Å². The van der Waals surface area contributed by atoms with E-state index < -0.39 is 0 Å². The first kappa shape index (κ1) is 11.4. The summed E-state index contributed by atoms with van der Waals surface area (Å²) in [6, 6.07) is -0.00518. The molecule has 0 heterocycles. The van der Waals surface area contributed by atoms with Gasteiger partial charge in [-0.15, -0.1) is 0 Å². The van der Waals surface area contributed by atoms with Gasteiger partial charge in [0.15, 0.2) is 0 Å². The van der Waals surface area contributed by atoms with Gasteiger partial charge in [0.25, 0.3) is 0 Å². The van der Waals surface area contributed by atoms with Gasteiger partial charge in [-0.1, -0.05) is 6.92 Å². The molecule has 4 heteroatoms. The molecule has 1 unspecified atom stereocenters. The minimum atomic E-state index is -0.274. The third kappa shape index (κ3) is 5.09. The Bertz CT molecular complexity index is 123. The van der Waals surface area contributed by atoms with Gasteiger partial charge in [0, 0.05) is 6.04 Å². The molecule has 0 amide bonds. The molecule has 0 aliphatic heterocycles. The van der Waals surface area contributed by atoms with E-state index in [0.29, 0.717) is 6.61 Å². The summed E-state index contributed by atoms with van der Waals surface area (Å²) < 4.78 is 4.70. The maximum Gasteiger partial charge on any atom is 0.319 e. The Morgan fingerprint density at radius 3 is 2.67 bits per heavy atom. The van der Waals surface area contributed by atoms with Crippen LogP contribution in [0, 0.1) is 0 Å². The van der Waals surface area contributed by atoms with E-state index in [2.05, 4.69) is 5.32 Å². The van der Waals surface area contributed by atoms with Gasteiger partial charge in [0.05, 0.1) is 19.8 Å². The maximum atomic E-state index is 10.8. The second-order valence-electron chi connectivity index (χ2n) is 2.47. The summed E-state index contributed by atoms with van der Waals surface area (Å²) in [6.45, 7) is 4.33. The van der Waals surface area contributed by atoms with Crippen LogP contribution in [0.3, 0.4) is 0 Å². The molecule has 0 radical (unpaired) electrons. The predicted octanol–water partition coefficient (Wildman–Crippen LogP) is -0.0900. The molecule has 12 heavy (non-hydrogen) atoms. The zero-order valence-electron chi connectivity index (χ0n) is 7.67. The number of aliphatic hydroxyl groups excluding tert-OH is 1. The van der Waals surface area contributed by atoms with Gasteiger partial charge in [0.1, 0.15) is 0 Å². The van der Waals surface area contributed by atoms with Crippen LogP contribution in [0.1, 0.15) is 20.3 Å². The van der Waals surface area contributed by atoms with Crippen molar-refractivity contribution >= 4 is 5.97 Å². The summed E-state index contributed by atoms with van der Waals surface area (Å²) in [6.07, 6.45) is 0.801. The van der Waals surface area contributed by atoms with Crippen molar-refractivity contribution in [2.24, 2.45) is 0 Å². The Labute approximate surface area is 72.9 Å². The molecule has 0 bridgehead atoms. The Kier molecular flexibility index (Phi) is 6.70. The van der Waals surface area contributed by atoms with Crippen LogP contribution < -0.4 is 5.32 Å². The van der Waals surface area contributed by atoms with Crippen molar-refractivity contribution in [3.8, 4) is 0 Å². The Morgan fingerprint density at radius 1 is 1.58 bits per heavy atom. The van der Waals surface area contributed by atoms with E-state index in [-0.39, 0.29) is 25.2 Å². The second kappa shape index (κ2) is 7.06. The maximum absolute atomic E-state index is 10.8. The number of nitrogens with one attached hydrogen (secondary N) is 1. The van der Waals surface area contributed by atoms with Gasteiger partial charge >= 0.3 is 5.97 Å². The summed E-state index contributed by atoms with van der Waals surface area (Å²) in [7, 11) is 0. The standard InChI is InChI=1S/C8H17NO3/c1-3-7(6-10)9-5-8(11)12-4-2/h7,9-10H,3-6H2,1-2H3. The molecule has 0 aliphatic rings. The third-order valence-corrected chi connectivity index (χ3v) is 1.55. The van der Waals surface area contributed by atoms with E-state index in [1.807, 2.05) is 6.92 Å². The molecule has 0 saturated heterocycles. The quantitative estimate of drug-likeness (QED) is 0.554. The molecule has 0 fully saturated rings. The first-order chi connectivity index (χ1) is 5.74. The lowest BCUT2D eigenvalue weighted by atomic mass is 10.2. The summed E-state index contributed by atoms with van der Waals surface area (Å²) in [5.41, 5.74) is 0. The minimum absolute atomic E-state index is 0.00518. The highest BCUT2D eigenvalue weighted by molar-refractivity contribution is 5.71. The van der Waals surface area contributed by atoms with E-state index in [4.69, 9.17) is 9.84 Å². The molecule has 0 aromatic carbocycles. The van der Waals surface area contributed by atoms with Crippen LogP contribution in [-0.2, 0) is 9.53 Å². The molecular formula is C8H17NO3. The van der Waals surface area contributed by atoms with Gasteiger partial charge in [-0.05, 0) is 13.3 Å². The lowest BCUT2D eigenvalue weighted by Gasteiger charge is -2.12. The highest BCUT2D eigenvalue weighted by atomic mass is 16.5. The molecule has 4 nitrogen and oxygen atoms in total. The van der Waals surface area contributed by atoms with E-state index in [1.54, 1.807) is 6.92 Å². The van der Waals surface area contributed by atoms with Crippen LogP contribution >= 0.6 is 0 Å². The molecule has 0 saturated carbocycles. The van der Waals surface area contributed by atoms with Crippen molar-refractivity contribution < 1.29 is 14.6 Å². The van der Waals surface area contributed by atoms with Gasteiger partial charge in [-0.3, -0.25) is 4.79 Å². The van der Waals surface area contributed by atoms with Crippen LogP contribution in [0.25, 0.3) is 0 Å². The number of aliphatic hydroxyl groups is 1. The number of ether oxygens (including phenoxy) is 1. The van der Waals surface area contributed by atoms with Crippen molar-refractivity contribution in [2.75, 3.05) is 19.8 Å². The largest absolute Gasteiger partial charge is 0.465 e. The van der Waals surface area contributed by atoms with Crippen LogP contribution in [0.4, 0.5) is 0 Å². The lowest BCUT2D eigenvalue weighted by Crippen LogP contribution is -2.36. The van der Waals surface area contributed by atoms with Crippen LogP contribution in [0.2, 0.25) is 0 Å². The summed E-state index contributed by atoms with van der Waals surface area (Å²) in [4.78, 5) is 10.8. The SMILES string of the molecule is CCOC(=O)CNC(CC)CO. The molecule has 0 aromatic heterocycles. The fraction of sp³-hybridized carbons (Fsp3) is 0.875. The normalized spacial score (nSPS) is 12.6. The summed E-state index contributed by atoms with van der Waals surface area (Å²) in [5.74, 6) is -0.274. The van der Waals surface area contributed by atoms with Crippen molar-refractivity contribution in [3.63, 3.8) is 0 Å². The topological polar surface area (TPSA) is 58.6 Å². The molecule has 2 N–H and O–H groups in total. The zero-order valence-corrected chi connectivity index (χ0v) is 7.67. The molecule has 1 atom stereocenters. The van der Waals surface area contributed by atoms with Gasteiger partial charge in [-0.25, -0.2) is 0 Å². The molecule has 0 aromatic rings. The first-order valence-corrected chi connectivity index (χ1v) is 4.24. The molecule has 72 valence electrons. The van der Waals surface area contributed by atoms with Crippen molar-refractivity contribution in [3.05, 3.63) is 0 Å². The van der Waals surface area contributed by atoms with Crippen LogP contribution in [0.5, 0.6) is 0 Å². The van der Waals surface area contributed by atoms with Gasteiger partial charge < -0.3 is 15.2 Å². The van der Waals surface area contributed by atoms with Crippen LogP contribution in [0.15, 0.2) is 0 Å². The number of hydrogen-bond donors (Lipinski definition) is 2. The molecule has 0 spiro atoms. The summed E-state index contributed by atoms with van der Waals surface area (Å²) >= 11 is 0. The van der Waals surface area contributed by atoms with E-state index in [1.165, 1.54) is 0 Å². The third-order valence-electron chi connectivity index (χ3n) is 1.55. The fourth-order valence-corrected chi connectivity index (χ4v) is 0.778. The smallest absolute Gasteiger partial charge is 0.319 e. The van der Waals surface area contributed by atoms with Gasteiger partial charge in [0.2, 0.25) is 0 Å². The van der Waals surface area contributed by atoms with Crippen LogP contribution in [-0.4, -0.2) is 36.9 Å². The minimum Gasteiger partial charge on any atom is -0.465 e. The zero-order chi connectivity index (χ0) is 9.40. The fourth-order valence-electron chi connectivity index (χ4n) is 0.778.